The molecular weight excluding hydrogens is 360 g/mol. The highest BCUT2D eigenvalue weighted by Gasteiger charge is 2.18. The first-order valence-corrected chi connectivity index (χ1v) is 9.91. The van der Waals surface area contributed by atoms with E-state index in [1.54, 1.807) is 4.90 Å². The average Bonchev–Trinajstić information content (AvgIpc) is 3.22. The Labute approximate surface area is 163 Å². The Morgan fingerprint density at radius 2 is 2.04 bits per heavy atom. The van der Waals surface area contributed by atoms with Crippen LogP contribution in [0.1, 0.15) is 24.0 Å². The molecule has 0 aliphatic rings. The Kier molecular flexibility index (Phi) is 6.13. The van der Waals surface area contributed by atoms with Gasteiger partial charge in [0.1, 0.15) is 11.5 Å². The molecule has 0 spiro atoms. The summed E-state index contributed by atoms with van der Waals surface area (Å²) in [6.07, 6.45) is 0.983. The molecule has 0 saturated carbocycles. The predicted octanol–water partition coefficient (Wildman–Crippen LogP) is 4.36. The zero-order valence-electron chi connectivity index (χ0n) is 16.3. The van der Waals surface area contributed by atoms with Crippen LogP contribution in [0.4, 0.5) is 9.93 Å². The highest BCUT2D eigenvalue weighted by Crippen LogP contribution is 2.27. The Hall–Kier alpha value is -2.38. The van der Waals surface area contributed by atoms with Crippen molar-refractivity contribution in [1.82, 2.24) is 14.8 Å². The van der Waals surface area contributed by atoms with Gasteiger partial charge in [-0.1, -0.05) is 24.3 Å². The van der Waals surface area contributed by atoms with E-state index in [9.17, 15) is 4.79 Å². The van der Waals surface area contributed by atoms with E-state index in [4.69, 9.17) is 4.42 Å². The number of fused-ring (bicyclic) bond motifs is 1. The SMILES string of the molecule is CCc1ccc2nc(NC(=O)N(CCN(C)C)Cc3ccc(C)o3)sc2c1. The molecule has 144 valence electrons. The Bertz CT molecular complexity index is 916. The Morgan fingerprint density at radius 3 is 2.70 bits per heavy atom. The number of benzene rings is 1. The van der Waals surface area contributed by atoms with Gasteiger partial charge in [-0.15, -0.1) is 0 Å². The molecular formula is C20H26N4O2S. The van der Waals surface area contributed by atoms with Gasteiger partial charge in [-0.3, -0.25) is 5.32 Å². The van der Waals surface area contributed by atoms with Gasteiger partial charge in [-0.2, -0.15) is 0 Å². The largest absolute Gasteiger partial charge is 0.464 e. The van der Waals surface area contributed by atoms with Crippen molar-refractivity contribution in [1.29, 1.82) is 0 Å². The van der Waals surface area contributed by atoms with E-state index in [1.165, 1.54) is 16.9 Å². The number of anilines is 1. The second-order valence-corrected chi connectivity index (χ2v) is 7.87. The lowest BCUT2D eigenvalue weighted by atomic mass is 10.2. The summed E-state index contributed by atoms with van der Waals surface area (Å²) >= 11 is 1.50. The summed E-state index contributed by atoms with van der Waals surface area (Å²) in [5.74, 6) is 1.62. The summed E-state index contributed by atoms with van der Waals surface area (Å²) in [6, 6.07) is 9.89. The third kappa shape index (κ3) is 5.08. The van der Waals surface area contributed by atoms with Crippen LogP contribution in [0, 0.1) is 6.92 Å². The van der Waals surface area contributed by atoms with Crippen LogP contribution < -0.4 is 5.32 Å². The summed E-state index contributed by atoms with van der Waals surface area (Å²) in [6.45, 7) is 5.83. The number of aromatic nitrogens is 1. The highest BCUT2D eigenvalue weighted by molar-refractivity contribution is 7.22. The van der Waals surface area contributed by atoms with Gasteiger partial charge in [0.05, 0.1) is 16.8 Å². The summed E-state index contributed by atoms with van der Waals surface area (Å²) in [4.78, 5) is 21.2. The topological polar surface area (TPSA) is 61.6 Å². The number of carbonyl (C=O) groups is 1. The molecule has 7 heteroatoms. The number of rotatable bonds is 7. The van der Waals surface area contributed by atoms with E-state index in [-0.39, 0.29) is 6.03 Å². The van der Waals surface area contributed by atoms with Crippen molar-refractivity contribution in [3.63, 3.8) is 0 Å². The third-order valence-electron chi connectivity index (χ3n) is 4.32. The maximum Gasteiger partial charge on any atom is 0.324 e. The standard InChI is InChI=1S/C20H26N4O2S/c1-5-15-7-9-17-18(12-15)27-19(21-17)22-20(25)24(11-10-23(3)4)13-16-8-6-14(2)26-16/h6-9,12H,5,10-11,13H2,1-4H3,(H,21,22,25). The van der Waals surface area contributed by atoms with E-state index in [2.05, 4.69) is 34.3 Å². The highest BCUT2D eigenvalue weighted by atomic mass is 32.1. The van der Waals surface area contributed by atoms with Crippen LogP contribution in [-0.2, 0) is 13.0 Å². The minimum atomic E-state index is -0.166. The van der Waals surface area contributed by atoms with Crippen LogP contribution in [0.5, 0.6) is 0 Å². The lowest BCUT2D eigenvalue weighted by Crippen LogP contribution is -2.38. The van der Waals surface area contributed by atoms with E-state index in [0.29, 0.717) is 18.2 Å². The van der Waals surface area contributed by atoms with Crippen molar-refractivity contribution in [2.24, 2.45) is 0 Å². The van der Waals surface area contributed by atoms with E-state index in [0.717, 1.165) is 34.7 Å². The molecule has 0 unspecified atom stereocenters. The Morgan fingerprint density at radius 1 is 1.22 bits per heavy atom. The molecule has 0 aliphatic heterocycles. The number of likely N-dealkylation sites (N-methyl/N-ethyl adjacent to an activating group) is 1. The van der Waals surface area contributed by atoms with Gasteiger partial charge in [-0.25, -0.2) is 9.78 Å². The molecule has 3 aromatic rings. The fourth-order valence-electron chi connectivity index (χ4n) is 2.74. The van der Waals surface area contributed by atoms with Gasteiger partial charge in [-0.05, 0) is 57.3 Å². The van der Waals surface area contributed by atoms with Crippen molar-refractivity contribution in [3.8, 4) is 0 Å². The zero-order chi connectivity index (χ0) is 19.4. The van der Waals surface area contributed by atoms with Gasteiger partial charge in [0.2, 0.25) is 0 Å². The normalized spacial score (nSPS) is 11.3. The van der Waals surface area contributed by atoms with Crippen molar-refractivity contribution < 1.29 is 9.21 Å². The zero-order valence-corrected chi connectivity index (χ0v) is 17.1. The first-order valence-electron chi connectivity index (χ1n) is 9.10. The van der Waals surface area contributed by atoms with Gasteiger partial charge in [0.25, 0.3) is 0 Å². The number of amides is 2. The summed E-state index contributed by atoms with van der Waals surface area (Å²) in [5, 5.41) is 3.57. The molecule has 2 aromatic heterocycles. The quantitative estimate of drug-likeness (QED) is 0.655. The smallest absolute Gasteiger partial charge is 0.324 e. The van der Waals surface area contributed by atoms with Crippen molar-refractivity contribution in [3.05, 3.63) is 47.4 Å². The average molecular weight is 387 g/mol. The molecule has 0 aliphatic carbocycles. The minimum Gasteiger partial charge on any atom is -0.464 e. The molecule has 0 radical (unpaired) electrons. The van der Waals surface area contributed by atoms with Crippen LogP contribution in [0.25, 0.3) is 10.2 Å². The number of carbonyl (C=O) groups excluding carboxylic acids is 1. The molecule has 0 saturated heterocycles. The third-order valence-corrected chi connectivity index (χ3v) is 5.26. The second kappa shape index (κ2) is 8.54. The molecule has 2 heterocycles. The number of aryl methyl sites for hydroxylation is 2. The monoisotopic (exact) mass is 386 g/mol. The maximum atomic E-state index is 12.9. The number of nitrogens with one attached hydrogen (secondary N) is 1. The van der Waals surface area contributed by atoms with Crippen molar-refractivity contribution in [2.75, 3.05) is 32.5 Å². The second-order valence-electron chi connectivity index (χ2n) is 6.84. The van der Waals surface area contributed by atoms with Crippen LogP contribution in [-0.4, -0.2) is 48.0 Å². The number of hydrogen-bond acceptors (Lipinski definition) is 5. The first kappa shape index (κ1) is 19.4. The number of thiazole rings is 1. The van der Waals surface area contributed by atoms with E-state index in [1.807, 2.05) is 39.2 Å². The number of nitrogens with zero attached hydrogens (tertiary/aromatic N) is 3. The number of hydrogen-bond donors (Lipinski definition) is 1. The summed E-state index contributed by atoms with van der Waals surface area (Å²) < 4.78 is 6.74. The molecule has 0 atom stereocenters. The number of urea groups is 1. The lowest BCUT2D eigenvalue weighted by Gasteiger charge is -2.23. The van der Waals surface area contributed by atoms with Crippen LogP contribution in [0.3, 0.4) is 0 Å². The van der Waals surface area contributed by atoms with Crippen molar-refractivity contribution in [2.45, 2.75) is 26.8 Å². The molecule has 1 N–H and O–H groups in total. The lowest BCUT2D eigenvalue weighted by molar-refractivity contribution is 0.196. The molecule has 27 heavy (non-hydrogen) atoms. The van der Waals surface area contributed by atoms with Crippen molar-refractivity contribution >= 4 is 32.7 Å². The molecule has 2 amide bonds. The summed E-state index contributed by atoms with van der Waals surface area (Å²) in [5.41, 5.74) is 2.18. The summed E-state index contributed by atoms with van der Waals surface area (Å²) in [7, 11) is 3.98. The fourth-order valence-corrected chi connectivity index (χ4v) is 3.66. The van der Waals surface area contributed by atoms with E-state index < -0.39 is 0 Å². The van der Waals surface area contributed by atoms with Gasteiger partial charge >= 0.3 is 6.03 Å². The van der Waals surface area contributed by atoms with Gasteiger partial charge in [0, 0.05) is 13.1 Å². The van der Waals surface area contributed by atoms with Gasteiger partial charge in [0.15, 0.2) is 5.13 Å². The fraction of sp³-hybridized carbons (Fsp3) is 0.400. The number of furan rings is 1. The molecule has 0 bridgehead atoms. The molecule has 0 fully saturated rings. The molecule has 1 aromatic carbocycles. The van der Waals surface area contributed by atoms with Crippen LogP contribution in [0.2, 0.25) is 0 Å². The first-order chi connectivity index (χ1) is 12.9. The van der Waals surface area contributed by atoms with Gasteiger partial charge < -0.3 is 14.2 Å². The van der Waals surface area contributed by atoms with E-state index >= 15 is 0 Å². The molecule has 6 nitrogen and oxygen atoms in total. The van der Waals surface area contributed by atoms with Crippen LogP contribution in [0.15, 0.2) is 34.7 Å². The minimum absolute atomic E-state index is 0.166. The van der Waals surface area contributed by atoms with Crippen LogP contribution >= 0.6 is 11.3 Å². The predicted molar refractivity (Wildman–Crippen MR) is 110 cm³/mol. The molecule has 3 rings (SSSR count). The Balaban J connectivity index is 1.74. The maximum absolute atomic E-state index is 12.9.